The Hall–Kier alpha value is -3.71. The van der Waals surface area contributed by atoms with Gasteiger partial charge in [-0.05, 0) is 41.1 Å². The molecule has 7 heteroatoms. The minimum absolute atomic E-state index is 0.106. The number of carboxylic acid groups (broad SMARTS) is 1. The zero-order valence-corrected chi connectivity index (χ0v) is 19.0. The number of carboxylic acids is 1. The quantitative estimate of drug-likeness (QED) is 0.411. The Kier molecular flexibility index (Phi) is 8.55. The molecule has 0 spiro atoms. The van der Waals surface area contributed by atoms with Crippen LogP contribution in [0.25, 0.3) is 11.1 Å². The molecule has 3 rings (SSSR count). The van der Waals surface area contributed by atoms with Crippen LogP contribution in [0.5, 0.6) is 0 Å². The molecule has 0 aliphatic rings. The maximum absolute atomic E-state index is 13.6. The minimum atomic E-state index is -0.957. The van der Waals surface area contributed by atoms with Gasteiger partial charge in [0.1, 0.15) is 0 Å². The van der Waals surface area contributed by atoms with Crippen molar-refractivity contribution in [2.24, 2.45) is 0 Å². The fourth-order valence-electron chi connectivity index (χ4n) is 3.50. The number of aliphatic carboxylic acids is 1. The average Bonchev–Trinajstić information content (AvgIpc) is 3.35. The highest BCUT2D eigenvalue weighted by Crippen LogP contribution is 2.28. The topological polar surface area (TPSA) is 86.7 Å². The highest BCUT2D eigenvalue weighted by molar-refractivity contribution is 7.09. The maximum atomic E-state index is 13.6. The Morgan fingerprint density at radius 1 is 0.939 bits per heavy atom. The van der Waals surface area contributed by atoms with Gasteiger partial charge in [0, 0.05) is 35.6 Å². The van der Waals surface area contributed by atoms with Crippen LogP contribution in [0.3, 0.4) is 0 Å². The number of nitrogens with one attached hydrogen (secondary N) is 1. The second-order valence-corrected chi connectivity index (χ2v) is 8.39. The van der Waals surface area contributed by atoms with Gasteiger partial charge >= 0.3 is 5.97 Å². The van der Waals surface area contributed by atoms with E-state index in [0.717, 1.165) is 4.88 Å². The first-order valence-corrected chi connectivity index (χ1v) is 11.5. The fourth-order valence-corrected chi connectivity index (χ4v) is 4.19. The van der Waals surface area contributed by atoms with Crippen molar-refractivity contribution in [1.82, 2.24) is 10.2 Å². The van der Waals surface area contributed by atoms with Crippen molar-refractivity contribution in [3.8, 4) is 11.1 Å². The summed E-state index contributed by atoms with van der Waals surface area (Å²) in [5.41, 5.74) is 2.15. The highest BCUT2D eigenvalue weighted by atomic mass is 32.1. The molecule has 0 aliphatic carbocycles. The molecule has 0 fully saturated rings. The number of thiophene rings is 1. The van der Waals surface area contributed by atoms with Gasteiger partial charge in [-0.15, -0.1) is 17.9 Å². The van der Waals surface area contributed by atoms with Crippen LogP contribution in [-0.2, 0) is 11.2 Å². The molecule has 0 atom stereocenters. The number of nitrogens with zero attached hydrogens (tertiary/aromatic N) is 1. The predicted molar refractivity (Wildman–Crippen MR) is 131 cm³/mol. The second kappa shape index (κ2) is 11.8. The molecule has 0 radical (unpaired) electrons. The lowest BCUT2D eigenvalue weighted by molar-refractivity contribution is -0.137. The van der Waals surface area contributed by atoms with Crippen molar-refractivity contribution in [2.45, 2.75) is 12.8 Å². The van der Waals surface area contributed by atoms with Gasteiger partial charge in [0.2, 0.25) is 0 Å². The van der Waals surface area contributed by atoms with Crippen LogP contribution >= 0.6 is 11.3 Å². The van der Waals surface area contributed by atoms with E-state index in [1.165, 1.54) is 0 Å². The molecule has 0 aliphatic heterocycles. The number of hydrogen-bond acceptors (Lipinski definition) is 4. The summed E-state index contributed by atoms with van der Waals surface area (Å²) in [6.07, 6.45) is 2.11. The Bertz CT molecular complexity index is 1120. The van der Waals surface area contributed by atoms with Crippen LogP contribution in [0.1, 0.15) is 32.0 Å². The van der Waals surface area contributed by atoms with Gasteiger partial charge in [-0.25, -0.2) is 0 Å². The van der Waals surface area contributed by atoms with Crippen molar-refractivity contribution in [1.29, 1.82) is 0 Å². The van der Waals surface area contributed by atoms with Crippen molar-refractivity contribution >= 4 is 29.1 Å². The molecule has 2 aromatic carbocycles. The van der Waals surface area contributed by atoms with E-state index in [9.17, 15) is 19.5 Å². The number of hydrogen-bond donors (Lipinski definition) is 2. The molecule has 3 aromatic rings. The molecular weight excluding hydrogens is 436 g/mol. The van der Waals surface area contributed by atoms with E-state index in [2.05, 4.69) is 11.9 Å². The SMILES string of the molecule is C=CCNC(=O)c1ccccc1-c1ccccc1C(=O)N(CCC(=O)O)CCc1cccs1. The van der Waals surface area contributed by atoms with Crippen molar-refractivity contribution < 1.29 is 19.5 Å². The summed E-state index contributed by atoms with van der Waals surface area (Å²) in [7, 11) is 0. The third-order valence-electron chi connectivity index (χ3n) is 5.12. The first kappa shape index (κ1) is 23.9. The molecule has 0 saturated heterocycles. The van der Waals surface area contributed by atoms with Gasteiger partial charge in [0.05, 0.1) is 6.42 Å². The second-order valence-electron chi connectivity index (χ2n) is 7.36. The largest absolute Gasteiger partial charge is 0.481 e. The summed E-state index contributed by atoms with van der Waals surface area (Å²) in [4.78, 5) is 40.2. The molecule has 170 valence electrons. The average molecular weight is 463 g/mol. The van der Waals surface area contributed by atoms with E-state index >= 15 is 0 Å². The van der Waals surface area contributed by atoms with E-state index < -0.39 is 5.97 Å². The third-order valence-corrected chi connectivity index (χ3v) is 6.05. The van der Waals surface area contributed by atoms with Gasteiger partial charge in [-0.2, -0.15) is 0 Å². The lowest BCUT2D eigenvalue weighted by atomic mass is 9.94. The summed E-state index contributed by atoms with van der Waals surface area (Å²) >= 11 is 1.60. The van der Waals surface area contributed by atoms with Crippen LogP contribution in [-0.4, -0.2) is 47.4 Å². The summed E-state index contributed by atoms with van der Waals surface area (Å²) in [5, 5.41) is 13.9. The van der Waals surface area contributed by atoms with E-state index in [1.807, 2.05) is 41.8 Å². The molecule has 6 nitrogen and oxygen atoms in total. The van der Waals surface area contributed by atoms with E-state index in [-0.39, 0.29) is 24.8 Å². The lowest BCUT2D eigenvalue weighted by Crippen LogP contribution is -2.35. The van der Waals surface area contributed by atoms with Crippen LogP contribution in [0.15, 0.2) is 78.7 Å². The summed E-state index contributed by atoms with van der Waals surface area (Å²) < 4.78 is 0. The molecule has 33 heavy (non-hydrogen) atoms. The number of amides is 2. The summed E-state index contributed by atoms with van der Waals surface area (Å²) in [6, 6.07) is 18.2. The van der Waals surface area contributed by atoms with Gasteiger partial charge < -0.3 is 15.3 Å². The van der Waals surface area contributed by atoms with Crippen LogP contribution < -0.4 is 5.32 Å². The molecule has 1 heterocycles. The number of rotatable bonds is 11. The van der Waals surface area contributed by atoms with Crippen LogP contribution in [0, 0.1) is 0 Å². The van der Waals surface area contributed by atoms with Crippen LogP contribution in [0.2, 0.25) is 0 Å². The van der Waals surface area contributed by atoms with Gasteiger partial charge in [-0.1, -0.05) is 48.5 Å². The molecule has 0 unspecified atom stereocenters. The third kappa shape index (κ3) is 6.40. The smallest absolute Gasteiger partial charge is 0.305 e. The Labute approximate surface area is 197 Å². The first-order valence-electron chi connectivity index (χ1n) is 10.6. The number of benzene rings is 2. The van der Waals surface area contributed by atoms with Crippen molar-refractivity contribution in [3.05, 3.63) is 94.7 Å². The van der Waals surface area contributed by atoms with Gasteiger partial charge in [-0.3, -0.25) is 14.4 Å². The first-order chi connectivity index (χ1) is 16.0. The van der Waals surface area contributed by atoms with Gasteiger partial charge in [0.15, 0.2) is 0 Å². The van der Waals surface area contributed by atoms with E-state index in [0.29, 0.717) is 41.8 Å². The highest BCUT2D eigenvalue weighted by Gasteiger charge is 2.22. The normalized spacial score (nSPS) is 10.4. The van der Waals surface area contributed by atoms with Gasteiger partial charge in [0.25, 0.3) is 11.8 Å². The Balaban J connectivity index is 1.94. The lowest BCUT2D eigenvalue weighted by Gasteiger charge is -2.23. The number of carbonyl (C=O) groups is 3. The van der Waals surface area contributed by atoms with Crippen molar-refractivity contribution in [3.63, 3.8) is 0 Å². The molecule has 0 bridgehead atoms. The molecule has 2 N–H and O–H groups in total. The monoisotopic (exact) mass is 462 g/mol. The maximum Gasteiger partial charge on any atom is 0.305 e. The van der Waals surface area contributed by atoms with E-state index in [4.69, 9.17) is 0 Å². The zero-order valence-electron chi connectivity index (χ0n) is 18.2. The summed E-state index contributed by atoms with van der Waals surface area (Å²) in [5.74, 6) is -1.47. The van der Waals surface area contributed by atoms with E-state index in [1.54, 1.807) is 46.6 Å². The molecular formula is C26H26N2O4S. The van der Waals surface area contributed by atoms with Crippen LogP contribution in [0.4, 0.5) is 0 Å². The Morgan fingerprint density at radius 2 is 1.61 bits per heavy atom. The summed E-state index contributed by atoms with van der Waals surface area (Å²) in [6.45, 7) is 4.47. The predicted octanol–water partition coefficient (Wildman–Crippen LogP) is 4.49. The molecule has 1 aromatic heterocycles. The zero-order chi connectivity index (χ0) is 23.6. The van der Waals surface area contributed by atoms with Crippen molar-refractivity contribution in [2.75, 3.05) is 19.6 Å². The molecule has 2 amide bonds. The standard InChI is InChI=1S/C26H26N2O4S/c1-2-15-27-25(31)22-11-5-3-9-20(22)21-10-4-6-12-23(21)26(32)28(17-14-24(29)30)16-13-19-8-7-18-33-19/h2-12,18H,1,13-17H2,(H,27,31)(H,29,30). The number of carbonyl (C=O) groups excluding carboxylic acids is 2. The Morgan fingerprint density at radius 3 is 2.24 bits per heavy atom. The molecule has 0 saturated carbocycles. The fraction of sp³-hybridized carbons (Fsp3) is 0.192. The minimum Gasteiger partial charge on any atom is -0.481 e.